The van der Waals surface area contributed by atoms with Gasteiger partial charge in [-0.15, -0.1) is 11.3 Å². The first-order chi connectivity index (χ1) is 8.60. The number of ether oxygens (including phenoxy) is 1. The van der Waals surface area contributed by atoms with E-state index in [1.807, 2.05) is 19.9 Å². The van der Waals surface area contributed by atoms with Crippen molar-refractivity contribution in [1.29, 1.82) is 0 Å². The van der Waals surface area contributed by atoms with E-state index < -0.39 is 0 Å². The van der Waals surface area contributed by atoms with Gasteiger partial charge in [0.2, 0.25) is 0 Å². The first-order valence-electron chi connectivity index (χ1n) is 5.91. The van der Waals surface area contributed by atoms with Crippen LogP contribution in [0.15, 0.2) is 18.2 Å². The lowest BCUT2D eigenvalue weighted by atomic mass is 10.2. The second-order valence-electron chi connectivity index (χ2n) is 4.30. The molecule has 4 heteroatoms. The number of rotatable bonds is 4. The van der Waals surface area contributed by atoms with Crippen LogP contribution in [-0.2, 0) is 6.54 Å². The van der Waals surface area contributed by atoms with Gasteiger partial charge in [-0.1, -0.05) is 6.07 Å². The maximum atomic E-state index is 5.38. The Morgan fingerprint density at radius 1 is 1.28 bits per heavy atom. The zero-order valence-electron chi connectivity index (χ0n) is 11.2. The third kappa shape index (κ3) is 2.82. The molecule has 2 rings (SSSR count). The SMILES string of the molecule is COc1cc(C)ccc1NCc1sc(C)nc1C. The van der Waals surface area contributed by atoms with E-state index in [0.717, 1.165) is 28.7 Å². The van der Waals surface area contributed by atoms with Crippen molar-refractivity contribution in [3.63, 3.8) is 0 Å². The minimum atomic E-state index is 0.788. The first-order valence-corrected chi connectivity index (χ1v) is 6.73. The number of aryl methyl sites for hydroxylation is 3. The summed E-state index contributed by atoms with van der Waals surface area (Å²) in [5, 5.41) is 4.52. The predicted molar refractivity (Wildman–Crippen MR) is 76.6 cm³/mol. The van der Waals surface area contributed by atoms with Gasteiger partial charge in [-0.05, 0) is 38.5 Å². The van der Waals surface area contributed by atoms with Crippen LogP contribution in [0.2, 0.25) is 0 Å². The second-order valence-corrected chi connectivity index (χ2v) is 5.59. The summed E-state index contributed by atoms with van der Waals surface area (Å²) in [4.78, 5) is 5.70. The zero-order chi connectivity index (χ0) is 13.1. The summed E-state index contributed by atoms with van der Waals surface area (Å²) in [5.74, 6) is 0.883. The van der Waals surface area contributed by atoms with Crippen molar-refractivity contribution in [2.45, 2.75) is 27.3 Å². The van der Waals surface area contributed by atoms with Crippen molar-refractivity contribution in [3.05, 3.63) is 39.3 Å². The minimum Gasteiger partial charge on any atom is -0.495 e. The molecule has 0 atom stereocenters. The van der Waals surface area contributed by atoms with Crippen LogP contribution in [0.5, 0.6) is 5.75 Å². The van der Waals surface area contributed by atoms with Gasteiger partial charge < -0.3 is 10.1 Å². The monoisotopic (exact) mass is 262 g/mol. The number of hydrogen-bond acceptors (Lipinski definition) is 4. The Balaban J connectivity index is 2.13. The number of hydrogen-bond donors (Lipinski definition) is 1. The Bertz CT molecular complexity index is 549. The van der Waals surface area contributed by atoms with Gasteiger partial charge in [0.25, 0.3) is 0 Å². The first kappa shape index (κ1) is 12.9. The number of aromatic nitrogens is 1. The van der Waals surface area contributed by atoms with E-state index in [-0.39, 0.29) is 0 Å². The molecular formula is C14H18N2OS. The number of nitrogens with zero attached hydrogens (tertiary/aromatic N) is 1. The van der Waals surface area contributed by atoms with Crippen molar-refractivity contribution in [1.82, 2.24) is 4.98 Å². The zero-order valence-corrected chi connectivity index (χ0v) is 12.0. The molecule has 0 aliphatic heterocycles. The van der Waals surface area contributed by atoms with Gasteiger partial charge in [0.1, 0.15) is 5.75 Å². The number of anilines is 1. The molecule has 0 bridgehead atoms. The van der Waals surface area contributed by atoms with Crippen molar-refractivity contribution in [2.75, 3.05) is 12.4 Å². The van der Waals surface area contributed by atoms with E-state index in [1.54, 1.807) is 18.4 Å². The van der Waals surface area contributed by atoms with Crippen molar-refractivity contribution < 1.29 is 4.74 Å². The third-order valence-electron chi connectivity index (χ3n) is 2.80. The maximum absolute atomic E-state index is 5.38. The highest BCUT2D eigenvalue weighted by molar-refractivity contribution is 7.11. The Labute approximate surface area is 112 Å². The van der Waals surface area contributed by atoms with Crippen LogP contribution in [0.1, 0.15) is 21.1 Å². The molecule has 0 aliphatic carbocycles. The van der Waals surface area contributed by atoms with Crippen LogP contribution >= 0.6 is 11.3 Å². The van der Waals surface area contributed by atoms with E-state index in [9.17, 15) is 0 Å². The molecule has 0 amide bonds. The Morgan fingerprint density at radius 2 is 2.06 bits per heavy atom. The van der Waals surface area contributed by atoms with Gasteiger partial charge in [0.05, 0.1) is 30.0 Å². The van der Waals surface area contributed by atoms with E-state index in [2.05, 4.69) is 29.4 Å². The van der Waals surface area contributed by atoms with Gasteiger partial charge in [0, 0.05) is 4.88 Å². The minimum absolute atomic E-state index is 0.788. The van der Waals surface area contributed by atoms with Crippen LogP contribution in [-0.4, -0.2) is 12.1 Å². The molecule has 1 aromatic carbocycles. The Hall–Kier alpha value is -1.55. The largest absolute Gasteiger partial charge is 0.495 e. The molecule has 1 aromatic heterocycles. The topological polar surface area (TPSA) is 34.1 Å². The number of nitrogens with one attached hydrogen (secondary N) is 1. The standard InChI is InChI=1S/C14H18N2OS/c1-9-5-6-12(13(7-9)17-4)15-8-14-10(2)16-11(3)18-14/h5-7,15H,8H2,1-4H3. The van der Waals surface area contributed by atoms with Crippen molar-refractivity contribution in [3.8, 4) is 5.75 Å². The highest BCUT2D eigenvalue weighted by atomic mass is 32.1. The van der Waals surface area contributed by atoms with Gasteiger partial charge >= 0.3 is 0 Å². The molecule has 0 saturated heterocycles. The lowest BCUT2D eigenvalue weighted by Gasteiger charge is -2.11. The molecule has 0 fully saturated rings. The highest BCUT2D eigenvalue weighted by Crippen LogP contribution is 2.27. The van der Waals surface area contributed by atoms with Crippen molar-refractivity contribution >= 4 is 17.0 Å². The molecule has 0 aliphatic rings. The van der Waals surface area contributed by atoms with Crippen LogP contribution in [0.25, 0.3) is 0 Å². The van der Waals surface area contributed by atoms with E-state index in [1.165, 1.54) is 10.4 Å². The average molecular weight is 262 g/mol. The Kier molecular flexibility index (Phi) is 3.87. The number of methoxy groups -OCH3 is 1. The predicted octanol–water partition coefficient (Wildman–Crippen LogP) is 3.69. The number of thiazole rings is 1. The molecular weight excluding hydrogens is 244 g/mol. The molecule has 2 aromatic rings. The molecule has 18 heavy (non-hydrogen) atoms. The molecule has 0 radical (unpaired) electrons. The molecule has 1 heterocycles. The summed E-state index contributed by atoms with van der Waals surface area (Å²) in [7, 11) is 1.70. The van der Waals surface area contributed by atoms with Crippen molar-refractivity contribution in [2.24, 2.45) is 0 Å². The van der Waals surface area contributed by atoms with Crippen LogP contribution in [0, 0.1) is 20.8 Å². The average Bonchev–Trinajstić information content (AvgIpc) is 2.66. The highest BCUT2D eigenvalue weighted by Gasteiger charge is 2.07. The van der Waals surface area contributed by atoms with Gasteiger partial charge in [0.15, 0.2) is 0 Å². The maximum Gasteiger partial charge on any atom is 0.142 e. The molecule has 0 unspecified atom stereocenters. The lowest BCUT2D eigenvalue weighted by Crippen LogP contribution is -2.01. The number of benzene rings is 1. The summed E-state index contributed by atoms with van der Waals surface area (Å²) in [6, 6.07) is 6.17. The Morgan fingerprint density at radius 3 is 2.67 bits per heavy atom. The van der Waals surface area contributed by atoms with Crippen LogP contribution in [0.3, 0.4) is 0 Å². The van der Waals surface area contributed by atoms with Crippen LogP contribution in [0.4, 0.5) is 5.69 Å². The lowest BCUT2D eigenvalue weighted by molar-refractivity contribution is 0.416. The van der Waals surface area contributed by atoms with E-state index >= 15 is 0 Å². The summed E-state index contributed by atoms with van der Waals surface area (Å²) < 4.78 is 5.38. The molecule has 96 valence electrons. The molecule has 1 N–H and O–H groups in total. The van der Waals surface area contributed by atoms with E-state index in [4.69, 9.17) is 4.74 Å². The summed E-state index contributed by atoms with van der Waals surface area (Å²) >= 11 is 1.74. The summed E-state index contributed by atoms with van der Waals surface area (Å²) in [6.07, 6.45) is 0. The fourth-order valence-electron chi connectivity index (χ4n) is 1.86. The smallest absolute Gasteiger partial charge is 0.142 e. The summed E-state index contributed by atoms with van der Waals surface area (Å²) in [6.45, 7) is 6.93. The van der Waals surface area contributed by atoms with Gasteiger partial charge in [-0.25, -0.2) is 4.98 Å². The molecule has 0 spiro atoms. The fraction of sp³-hybridized carbons (Fsp3) is 0.357. The summed E-state index contributed by atoms with van der Waals surface area (Å²) in [5.41, 5.74) is 3.33. The van der Waals surface area contributed by atoms with E-state index in [0.29, 0.717) is 0 Å². The second kappa shape index (κ2) is 5.40. The fourth-order valence-corrected chi connectivity index (χ4v) is 2.73. The quantitative estimate of drug-likeness (QED) is 0.912. The molecule has 0 saturated carbocycles. The normalized spacial score (nSPS) is 10.4. The molecule has 3 nitrogen and oxygen atoms in total. The van der Waals surface area contributed by atoms with Gasteiger partial charge in [-0.2, -0.15) is 0 Å². The van der Waals surface area contributed by atoms with Gasteiger partial charge in [-0.3, -0.25) is 0 Å². The third-order valence-corrected chi connectivity index (χ3v) is 3.87. The van der Waals surface area contributed by atoms with Crippen LogP contribution < -0.4 is 10.1 Å².